The third kappa shape index (κ3) is 2.93. The zero-order valence-corrected chi connectivity index (χ0v) is 12.0. The highest BCUT2D eigenvalue weighted by molar-refractivity contribution is 6.07. The predicted octanol–water partition coefficient (Wildman–Crippen LogP) is 3.21. The number of hydrogen-bond donors (Lipinski definition) is 1. The van der Waals surface area contributed by atoms with Gasteiger partial charge in [-0.25, -0.2) is 4.79 Å². The molecular formula is C15H26N2O2. The molecule has 108 valence electrons. The van der Waals surface area contributed by atoms with E-state index in [1.807, 2.05) is 4.90 Å². The minimum Gasteiger partial charge on any atom is -0.310 e. The molecule has 0 aromatic rings. The van der Waals surface area contributed by atoms with Crippen LogP contribution < -0.4 is 5.32 Å². The van der Waals surface area contributed by atoms with Gasteiger partial charge in [-0.1, -0.05) is 51.9 Å². The van der Waals surface area contributed by atoms with E-state index in [2.05, 4.69) is 12.2 Å². The lowest BCUT2D eigenvalue weighted by atomic mass is 9.80. The van der Waals surface area contributed by atoms with Crippen molar-refractivity contribution in [3.63, 3.8) is 0 Å². The summed E-state index contributed by atoms with van der Waals surface area (Å²) < 4.78 is 0. The van der Waals surface area contributed by atoms with Gasteiger partial charge in [0.2, 0.25) is 0 Å². The minimum absolute atomic E-state index is 0.0502. The first-order chi connectivity index (χ1) is 9.20. The van der Waals surface area contributed by atoms with Gasteiger partial charge in [0.25, 0.3) is 5.91 Å². The fourth-order valence-corrected chi connectivity index (χ4v) is 3.42. The molecule has 1 N–H and O–H groups in total. The van der Waals surface area contributed by atoms with Crippen molar-refractivity contribution < 1.29 is 9.59 Å². The Labute approximate surface area is 115 Å². The first kappa shape index (κ1) is 14.4. The molecule has 1 aliphatic carbocycles. The standard InChI is InChI=1S/C15H26N2O2/c1-2-3-4-5-9-12-17-14(19)16-13(18)15(17)10-7-6-8-11-15/h2-12H2,1H3,(H,16,18,19). The number of nitrogens with one attached hydrogen (secondary N) is 1. The zero-order chi connectivity index (χ0) is 13.7. The van der Waals surface area contributed by atoms with E-state index >= 15 is 0 Å². The lowest BCUT2D eigenvalue weighted by Gasteiger charge is -2.38. The number of unbranched alkanes of at least 4 members (excludes halogenated alkanes) is 4. The van der Waals surface area contributed by atoms with Gasteiger partial charge in [-0.15, -0.1) is 0 Å². The lowest BCUT2D eigenvalue weighted by molar-refractivity contribution is -0.128. The van der Waals surface area contributed by atoms with Crippen LogP contribution in [0.15, 0.2) is 0 Å². The molecule has 1 saturated carbocycles. The third-order valence-electron chi connectivity index (χ3n) is 4.57. The van der Waals surface area contributed by atoms with Crippen molar-refractivity contribution in [1.29, 1.82) is 0 Å². The van der Waals surface area contributed by atoms with Crippen molar-refractivity contribution in [2.24, 2.45) is 0 Å². The molecule has 0 radical (unpaired) electrons. The quantitative estimate of drug-likeness (QED) is 0.593. The summed E-state index contributed by atoms with van der Waals surface area (Å²) in [6.45, 7) is 2.94. The van der Waals surface area contributed by atoms with Gasteiger partial charge < -0.3 is 4.90 Å². The number of amides is 3. The second kappa shape index (κ2) is 6.40. The van der Waals surface area contributed by atoms with Crippen LogP contribution >= 0.6 is 0 Å². The summed E-state index contributed by atoms with van der Waals surface area (Å²) in [4.78, 5) is 25.9. The highest BCUT2D eigenvalue weighted by atomic mass is 16.2. The molecule has 2 fully saturated rings. The molecule has 1 spiro atoms. The normalized spacial score (nSPS) is 22.1. The largest absolute Gasteiger partial charge is 0.325 e. The molecule has 1 heterocycles. The maximum Gasteiger partial charge on any atom is 0.325 e. The van der Waals surface area contributed by atoms with Gasteiger partial charge in [-0.05, 0) is 19.3 Å². The van der Waals surface area contributed by atoms with Crippen LogP contribution in [0.1, 0.15) is 71.1 Å². The van der Waals surface area contributed by atoms with E-state index in [4.69, 9.17) is 0 Å². The van der Waals surface area contributed by atoms with Crippen molar-refractivity contribution >= 4 is 11.9 Å². The summed E-state index contributed by atoms with van der Waals surface area (Å²) in [6.07, 6.45) is 10.9. The van der Waals surface area contributed by atoms with Gasteiger partial charge >= 0.3 is 6.03 Å². The molecule has 4 heteroatoms. The van der Waals surface area contributed by atoms with E-state index in [-0.39, 0.29) is 11.9 Å². The van der Waals surface area contributed by atoms with Gasteiger partial charge in [0, 0.05) is 6.54 Å². The average Bonchev–Trinajstić information content (AvgIpc) is 2.63. The van der Waals surface area contributed by atoms with E-state index in [0.29, 0.717) is 0 Å². The molecule has 0 unspecified atom stereocenters. The summed E-state index contributed by atoms with van der Waals surface area (Å²) in [7, 11) is 0. The first-order valence-electron chi connectivity index (χ1n) is 7.84. The molecule has 0 atom stereocenters. The molecule has 2 rings (SSSR count). The molecule has 3 amide bonds. The Balaban J connectivity index is 1.92. The molecule has 19 heavy (non-hydrogen) atoms. The van der Waals surface area contributed by atoms with E-state index in [1.54, 1.807) is 0 Å². The van der Waals surface area contributed by atoms with Crippen molar-refractivity contribution in [1.82, 2.24) is 10.2 Å². The number of rotatable bonds is 6. The maximum absolute atomic E-state index is 12.1. The Kier molecular flexibility index (Phi) is 4.83. The van der Waals surface area contributed by atoms with Gasteiger partial charge in [-0.3, -0.25) is 10.1 Å². The second-order valence-electron chi connectivity index (χ2n) is 5.92. The number of imide groups is 1. The molecule has 0 aromatic carbocycles. The van der Waals surface area contributed by atoms with Gasteiger partial charge in [0.05, 0.1) is 0 Å². The first-order valence-corrected chi connectivity index (χ1v) is 7.84. The monoisotopic (exact) mass is 266 g/mol. The van der Waals surface area contributed by atoms with Crippen molar-refractivity contribution in [3.8, 4) is 0 Å². The fourth-order valence-electron chi connectivity index (χ4n) is 3.42. The average molecular weight is 266 g/mol. The summed E-state index contributed by atoms with van der Waals surface area (Å²) in [6, 6.07) is -0.164. The smallest absolute Gasteiger partial charge is 0.310 e. The SMILES string of the molecule is CCCCCCCN1C(=O)NC(=O)C12CCCCC2. The highest BCUT2D eigenvalue weighted by Crippen LogP contribution is 2.37. The Morgan fingerprint density at radius 2 is 1.74 bits per heavy atom. The van der Waals surface area contributed by atoms with Gasteiger partial charge in [0.15, 0.2) is 0 Å². The number of carbonyl (C=O) groups excluding carboxylic acids is 2. The van der Waals surface area contributed by atoms with Crippen LogP contribution in [0.2, 0.25) is 0 Å². The molecule has 2 aliphatic rings. The highest BCUT2D eigenvalue weighted by Gasteiger charge is 2.52. The van der Waals surface area contributed by atoms with Crippen molar-refractivity contribution in [2.75, 3.05) is 6.54 Å². The van der Waals surface area contributed by atoms with Crippen molar-refractivity contribution in [2.45, 2.75) is 76.7 Å². The van der Waals surface area contributed by atoms with E-state index in [1.165, 1.54) is 25.7 Å². The Bertz CT molecular complexity index is 335. The minimum atomic E-state index is -0.500. The molecule has 1 aliphatic heterocycles. The van der Waals surface area contributed by atoms with Gasteiger partial charge in [0.1, 0.15) is 5.54 Å². The second-order valence-corrected chi connectivity index (χ2v) is 5.92. The molecule has 1 saturated heterocycles. The number of carbonyl (C=O) groups is 2. The summed E-state index contributed by atoms with van der Waals surface area (Å²) in [5, 5.41) is 2.53. The van der Waals surface area contributed by atoms with E-state index < -0.39 is 5.54 Å². The number of nitrogens with zero attached hydrogens (tertiary/aromatic N) is 1. The molecule has 0 bridgehead atoms. The summed E-state index contributed by atoms with van der Waals surface area (Å²) in [5.74, 6) is -0.0502. The van der Waals surface area contributed by atoms with Crippen LogP contribution in [0.25, 0.3) is 0 Å². The maximum atomic E-state index is 12.1. The summed E-state index contributed by atoms with van der Waals surface area (Å²) >= 11 is 0. The Morgan fingerprint density at radius 3 is 2.42 bits per heavy atom. The van der Waals surface area contributed by atoms with Crippen LogP contribution in [-0.2, 0) is 4.79 Å². The van der Waals surface area contributed by atoms with E-state index in [9.17, 15) is 9.59 Å². The third-order valence-corrected chi connectivity index (χ3v) is 4.57. The topological polar surface area (TPSA) is 49.4 Å². The van der Waals surface area contributed by atoms with Crippen molar-refractivity contribution in [3.05, 3.63) is 0 Å². The lowest BCUT2D eigenvalue weighted by Crippen LogP contribution is -2.51. The van der Waals surface area contributed by atoms with E-state index in [0.717, 1.165) is 45.1 Å². The summed E-state index contributed by atoms with van der Waals surface area (Å²) in [5.41, 5.74) is -0.500. The molecular weight excluding hydrogens is 240 g/mol. The van der Waals surface area contributed by atoms with Crippen LogP contribution in [0.5, 0.6) is 0 Å². The van der Waals surface area contributed by atoms with Crippen LogP contribution in [0.3, 0.4) is 0 Å². The number of urea groups is 1. The molecule has 4 nitrogen and oxygen atoms in total. The zero-order valence-electron chi connectivity index (χ0n) is 12.0. The Hall–Kier alpha value is -1.06. The predicted molar refractivity (Wildman–Crippen MR) is 74.8 cm³/mol. The van der Waals surface area contributed by atoms with Crippen LogP contribution in [-0.4, -0.2) is 28.9 Å². The fraction of sp³-hybridized carbons (Fsp3) is 0.867. The number of hydrogen-bond acceptors (Lipinski definition) is 2. The van der Waals surface area contributed by atoms with Crippen LogP contribution in [0.4, 0.5) is 4.79 Å². The molecule has 0 aromatic heterocycles. The Morgan fingerprint density at radius 1 is 1.05 bits per heavy atom. The van der Waals surface area contributed by atoms with Gasteiger partial charge in [-0.2, -0.15) is 0 Å². The van der Waals surface area contributed by atoms with Crippen LogP contribution in [0, 0.1) is 0 Å².